The lowest BCUT2D eigenvalue weighted by Gasteiger charge is -2.08. The summed E-state index contributed by atoms with van der Waals surface area (Å²) in [5.74, 6) is 0. The van der Waals surface area contributed by atoms with Gasteiger partial charge in [0.15, 0.2) is 0 Å². The molecule has 1 aliphatic rings. The highest BCUT2D eigenvalue weighted by atomic mass is 79.9. The molecule has 1 unspecified atom stereocenters. The van der Waals surface area contributed by atoms with Crippen molar-refractivity contribution in [3.63, 3.8) is 0 Å². The average Bonchev–Trinajstić information content (AvgIpc) is 1.59. The molecule has 0 aromatic heterocycles. The molecule has 0 saturated heterocycles. The van der Waals surface area contributed by atoms with E-state index in [9.17, 15) is 0 Å². The lowest BCUT2D eigenvalue weighted by Crippen LogP contribution is -1.97. The third-order valence-electron chi connectivity index (χ3n) is 1.02. The van der Waals surface area contributed by atoms with E-state index in [0.717, 1.165) is 15.9 Å². The highest BCUT2D eigenvalue weighted by molar-refractivity contribution is 9.12. The molecule has 0 saturated carbocycles. The number of rotatable bonds is 0. The predicted octanol–water partition coefficient (Wildman–Crippen LogP) is 3.56. The monoisotopic (exact) mass is 270 g/mol. The first-order valence-electron chi connectivity index (χ1n) is 2.56. The van der Waals surface area contributed by atoms with Gasteiger partial charge in [0, 0.05) is 14.3 Å². The van der Waals surface area contributed by atoms with E-state index in [2.05, 4.69) is 37.9 Å². The first kappa shape index (κ1) is 7.83. The average molecular weight is 272 g/mol. The van der Waals surface area contributed by atoms with Gasteiger partial charge in [-0.15, -0.1) is 0 Å². The van der Waals surface area contributed by atoms with Gasteiger partial charge in [0.25, 0.3) is 0 Å². The van der Waals surface area contributed by atoms with Gasteiger partial charge >= 0.3 is 0 Å². The fourth-order valence-electron chi connectivity index (χ4n) is 0.675. The number of alkyl halides is 1. The van der Waals surface area contributed by atoms with E-state index in [0.29, 0.717) is 4.83 Å². The van der Waals surface area contributed by atoms with E-state index < -0.39 is 0 Å². The van der Waals surface area contributed by atoms with Gasteiger partial charge in [0.05, 0.1) is 0 Å². The Balaban J connectivity index is 2.74. The smallest absolute Gasteiger partial charge is 0.0388 e. The van der Waals surface area contributed by atoms with Gasteiger partial charge in [-0.1, -0.05) is 49.5 Å². The Morgan fingerprint density at radius 2 is 2.33 bits per heavy atom. The summed E-state index contributed by atoms with van der Waals surface area (Å²) >= 11 is 12.5. The van der Waals surface area contributed by atoms with Crippen molar-refractivity contribution in [1.29, 1.82) is 0 Å². The second-order valence-corrected chi connectivity index (χ2v) is 4.44. The van der Waals surface area contributed by atoms with Crippen LogP contribution in [0.1, 0.15) is 6.42 Å². The lowest BCUT2D eigenvalue weighted by molar-refractivity contribution is 1.05. The molecule has 0 amide bonds. The van der Waals surface area contributed by atoms with Gasteiger partial charge in [-0.3, -0.25) is 0 Å². The maximum Gasteiger partial charge on any atom is 0.0388 e. The first-order valence-corrected chi connectivity index (χ1v) is 4.64. The van der Waals surface area contributed by atoms with Crippen LogP contribution in [-0.2, 0) is 0 Å². The van der Waals surface area contributed by atoms with Crippen molar-refractivity contribution < 1.29 is 0 Å². The van der Waals surface area contributed by atoms with Crippen LogP contribution in [0.3, 0.4) is 0 Å². The molecule has 1 aliphatic carbocycles. The molecule has 50 valence electrons. The molecule has 0 nitrogen and oxygen atoms in total. The summed E-state index contributed by atoms with van der Waals surface area (Å²) in [7, 11) is 0. The Bertz CT molecular complexity index is 172. The fraction of sp³-hybridized carbons (Fsp3) is 0.333. The van der Waals surface area contributed by atoms with Crippen LogP contribution in [0.2, 0.25) is 0 Å². The second kappa shape index (κ2) is 3.22. The summed E-state index contributed by atoms with van der Waals surface area (Å²) in [4.78, 5) is 0.393. The predicted molar refractivity (Wildman–Crippen MR) is 48.3 cm³/mol. The van der Waals surface area contributed by atoms with E-state index in [-0.39, 0.29) is 0 Å². The molecule has 0 radical (unpaired) electrons. The van der Waals surface area contributed by atoms with E-state index >= 15 is 0 Å². The molecule has 0 spiro atoms. The summed E-state index contributed by atoms with van der Waals surface area (Å²) in [5.41, 5.74) is 0. The Kier molecular flexibility index (Phi) is 2.80. The van der Waals surface area contributed by atoms with Gasteiger partial charge in [0.2, 0.25) is 0 Å². The molecule has 0 heterocycles. The van der Waals surface area contributed by atoms with Crippen molar-refractivity contribution in [2.45, 2.75) is 11.2 Å². The minimum atomic E-state index is 0.393. The molecule has 0 bridgehead atoms. The Hall–Kier alpha value is 0.730. The van der Waals surface area contributed by atoms with Crippen LogP contribution in [0.4, 0.5) is 0 Å². The molecule has 0 aromatic carbocycles. The number of hydrogen-bond acceptors (Lipinski definition) is 0. The van der Waals surface area contributed by atoms with E-state index in [4.69, 9.17) is 11.6 Å². The molecule has 1 rings (SSSR count). The molecule has 1 atom stereocenters. The van der Waals surface area contributed by atoms with Crippen molar-refractivity contribution in [3.05, 3.63) is 21.7 Å². The molecular weight excluding hydrogens is 267 g/mol. The highest BCUT2D eigenvalue weighted by Crippen LogP contribution is 2.27. The molecule has 0 aliphatic heterocycles. The van der Waals surface area contributed by atoms with Crippen LogP contribution < -0.4 is 0 Å². The molecular formula is C6H5Br2Cl. The minimum Gasteiger partial charge on any atom is -0.0891 e. The maximum absolute atomic E-state index is 5.77. The topological polar surface area (TPSA) is 0 Å². The molecule has 3 heteroatoms. The molecule has 0 aromatic rings. The summed E-state index contributed by atoms with van der Waals surface area (Å²) in [6, 6.07) is 0. The lowest BCUT2D eigenvalue weighted by atomic mass is 10.2. The van der Waals surface area contributed by atoms with Gasteiger partial charge in [0.1, 0.15) is 0 Å². The van der Waals surface area contributed by atoms with Crippen LogP contribution in [0.15, 0.2) is 21.7 Å². The van der Waals surface area contributed by atoms with Crippen molar-refractivity contribution in [3.8, 4) is 0 Å². The van der Waals surface area contributed by atoms with Gasteiger partial charge in [-0.25, -0.2) is 0 Å². The van der Waals surface area contributed by atoms with Crippen LogP contribution in [0, 0.1) is 0 Å². The molecule has 0 fully saturated rings. The summed E-state index contributed by atoms with van der Waals surface area (Å²) < 4.78 is 1.06. The first-order chi connectivity index (χ1) is 4.18. The zero-order valence-corrected chi connectivity index (χ0v) is 8.50. The minimum absolute atomic E-state index is 0.393. The molecule has 9 heavy (non-hydrogen) atoms. The Morgan fingerprint density at radius 1 is 1.67 bits per heavy atom. The standard InChI is InChI=1S/C6H5Br2Cl/c7-4-1-5(8)3-6(9)2-4/h1-2,5H,3H2. The summed E-state index contributed by atoms with van der Waals surface area (Å²) in [6.45, 7) is 0. The van der Waals surface area contributed by atoms with Crippen LogP contribution in [0.25, 0.3) is 0 Å². The Morgan fingerprint density at radius 3 is 2.78 bits per heavy atom. The molecule has 0 N–H and O–H groups in total. The maximum atomic E-state index is 5.77. The van der Waals surface area contributed by atoms with E-state index in [1.165, 1.54) is 0 Å². The van der Waals surface area contributed by atoms with Crippen molar-refractivity contribution in [1.82, 2.24) is 0 Å². The van der Waals surface area contributed by atoms with Crippen molar-refractivity contribution in [2.24, 2.45) is 0 Å². The normalized spacial score (nSPS) is 27.2. The fourth-order valence-corrected chi connectivity index (χ4v) is 2.86. The van der Waals surface area contributed by atoms with E-state index in [1.54, 1.807) is 0 Å². The number of halogens is 3. The zero-order valence-electron chi connectivity index (χ0n) is 4.57. The number of allylic oxidation sites excluding steroid dienone is 4. The Labute approximate surface area is 76.2 Å². The van der Waals surface area contributed by atoms with Crippen molar-refractivity contribution >= 4 is 43.5 Å². The summed E-state index contributed by atoms with van der Waals surface area (Å²) in [5, 5.41) is 0.895. The summed E-state index contributed by atoms with van der Waals surface area (Å²) in [6.07, 6.45) is 4.89. The van der Waals surface area contributed by atoms with Gasteiger partial charge in [-0.2, -0.15) is 0 Å². The highest BCUT2D eigenvalue weighted by Gasteiger charge is 2.08. The number of hydrogen-bond donors (Lipinski definition) is 0. The third kappa shape index (κ3) is 2.44. The SMILES string of the molecule is ClC1=CC(Br)=CC(Br)C1. The zero-order chi connectivity index (χ0) is 6.85. The van der Waals surface area contributed by atoms with Gasteiger partial charge < -0.3 is 0 Å². The largest absolute Gasteiger partial charge is 0.0891 e. The third-order valence-corrected chi connectivity index (χ3v) is 2.37. The van der Waals surface area contributed by atoms with Crippen LogP contribution in [0.5, 0.6) is 0 Å². The van der Waals surface area contributed by atoms with Crippen molar-refractivity contribution in [2.75, 3.05) is 0 Å². The quantitative estimate of drug-likeness (QED) is 0.592. The second-order valence-electron chi connectivity index (χ2n) is 1.86. The van der Waals surface area contributed by atoms with Crippen LogP contribution >= 0.6 is 43.5 Å². The van der Waals surface area contributed by atoms with E-state index in [1.807, 2.05) is 6.08 Å². The van der Waals surface area contributed by atoms with Gasteiger partial charge in [-0.05, 0) is 12.5 Å². The van der Waals surface area contributed by atoms with Crippen LogP contribution in [-0.4, -0.2) is 4.83 Å².